The Balaban J connectivity index is 1.10. The van der Waals surface area contributed by atoms with Gasteiger partial charge in [0.25, 0.3) is 0 Å². The fourth-order valence-electron chi connectivity index (χ4n) is 5.04. The first kappa shape index (κ1) is 21.6. The molecule has 2 saturated carbocycles. The molecular formula is C26H34N8. The third-order valence-electron chi connectivity index (χ3n) is 7.72. The Morgan fingerprint density at radius 1 is 1.03 bits per heavy atom. The van der Waals surface area contributed by atoms with Gasteiger partial charge in [0, 0.05) is 31.2 Å². The van der Waals surface area contributed by atoms with Crippen molar-refractivity contribution in [3.63, 3.8) is 0 Å². The highest BCUT2D eigenvalue weighted by molar-refractivity contribution is 5.51. The molecule has 8 nitrogen and oxygen atoms in total. The van der Waals surface area contributed by atoms with Crippen LogP contribution < -0.4 is 10.2 Å². The van der Waals surface area contributed by atoms with Gasteiger partial charge < -0.3 is 10.2 Å². The number of pyridine rings is 1. The molecular weight excluding hydrogens is 424 g/mol. The minimum atomic E-state index is -0.00637. The number of anilines is 1. The van der Waals surface area contributed by atoms with Crippen LogP contribution in [0.2, 0.25) is 0 Å². The van der Waals surface area contributed by atoms with E-state index in [1.807, 2.05) is 23.3 Å². The van der Waals surface area contributed by atoms with E-state index in [-0.39, 0.29) is 6.04 Å². The van der Waals surface area contributed by atoms with Crippen LogP contribution in [0.5, 0.6) is 0 Å². The predicted molar refractivity (Wildman–Crippen MR) is 132 cm³/mol. The minimum Gasteiger partial charge on any atom is -0.369 e. The molecule has 1 saturated heterocycles. The van der Waals surface area contributed by atoms with E-state index < -0.39 is 0 Å². The molecule has 2 atom stereocenters. The summed E-state index contributed by atoms with van der Waals surface area (Å²) in [5.74, 6) is 1.47. The number of nitrogens with one attached hydrogen (secondary N) is 1. The van der Waals surface area contributed by atoms with Crippen LogP contribution in [-0.2, 0) is 0 Å². The Hall–Kier alpha value is -2.87. The lowest BCUT2D eigenvalue weighted by Gasteiger charge is -2.36. The second-order valence-electron chi connectivity index (χ2n) is 10.3. The first-order valence-corrected chi connectivity index (χ1v) is 12.9. The smallest absolute Gasteiger partial charge is 0.133 e. The molecule has 0 amide bonds. The molecule has 34 heavy (non-hydrogen) atoms. The first-order valence-electron chi connectivity index (χ1n) is 12.9. The lowest BCUT2D eigenvalue weighted by Crippen LogP contribution is -2.47. The van der Waals surface area contributed by atoms with Crippen molar-refractivity contribution in [2.75, 3.05) is 24.5 Å². The summed E-state index contributed by atoms with van der Waals surface area (Å²) in [6.45, 7) is 5.46. The van der Waals surface area contributed by atoms with Crippen molar-refractivity contribution in [2.45, 2.75) is 69.9 Å². The fraction of sp³-hybridized carbons (Fsp3) is 0.577. The largest absolute Gasteiger partial charge is 0.369 e. The van der Waals surface area contributed by atoms with E-state index in [4.69, 9.17) is 9.97 Å². The van der Waals surface area contributed by atoms with Crippen molar-refractivity contribution in [2.24, 2.45) is 5.92 Å². The Morgan fingerprint density at radius 3 is 2.71 bits per heavy atom. The van der Waals surface area contributed by atoms with Crippen LogP contribution in [0.1, 0.15) is 75.2 Å². The summed E-state index contributed by atoms with van der Waals surface area (Å²) in [6, 6.07) is 4.91. The number of hydrogen-bond acceptors (Lipinski definition) is 7. The first-order chi connectivity index (χ1) is 16.7. The second-order valence-corrected chi connectivity index (χ2v) is 10.3. The maximum atomic E-state index is 4.80. The van der Waals surface area contributed by atoms with E-state index in [1.54, 1.807) is 6.20 Å². The molecule has 0 radical (unpaired) electrons. The maximum absolute atomic E-state index is 4.80. The number of nitrogens with zero attached hydrogens (tertiary/aromatic N) is 7. The summed E-state index contributed by atoms with van der Waals surface area (Å²) in [7, 11) is 0. The number of rotatable bonds is 8. The van der Waals surface area contributed by atoms with E-state index in [9.17, 15) is 0 Å². The molecule has 1 unspecified atom stereocenters. The average molecular weight is 459 g/mol. The van der Waals surface area contributed by atoms with Gasteiger partial charge in [0.15, 0.2) is 0 Å². The molecule has 1 aliphatic heterocycles. The molecule has 6 rings (SSSR count). The van der Waals surface area contributed by atoms with Crippen LogP contribution in [0.15, 0.2) is 36.9 Å². The van der Waals surface area contributed by atoms with Crippen LogP contribution in [0.25, 0.3) is 11.4 Å². The van der Waals surface area contributed by atoms with Crippen molar-refractivity contribution >= 4 is 5.69 Å². The molecule has 0 bridgehead atoms. The SMILES string of the molecule is CC(c1ccc(N2CCC[C@@H](NCC3CCC3)C2)cn1)n1cc(-c2cncc(C3CC3)n2)nn1. The third-order valence-corrected chi connectivity index (χ3v) is 7.72. The van der Waals surface area contributed by atoms with Crippen LogP contribution in [0.4, 0.5) is 5.69 Å². The summed E-state index contributed by atoms with van der Waals surface area (Å²) in [5.41, 5.74) is 4.80. The molecule has 4 heterocycles. The molecule has 8 heteroatoms. The van der Waals surface area contributed by atoms with E-state index in [0.29, 0.717) is 12.0 Å². The molecule has 3 aliphatic rings. The average Bonchev–Trinajstić information content (AvgIpc) is 3.59. The molecule has 0 aromatic carbocycles. The molecule has 3 aromatic heterocycles. The quantitative estimate of drug-likeness (QED) is 0.547. The number of piperidine rings is 1. The highest BCUT2D eigenvalue weighted by Gasteiger charge is 2.26. The van der Waals surface area contributed by atoms with Gasteiger partial charge in [-0.3, -0.25) is 9.97 Å². The van der Waals surface area contributed by atoms with Crippen LogP contribution >= 0.6 is 0 Å². The third kappa shape index (κ3) is 4.69. The van der Waals surface area contributed by atoms with Crippen LogP contribution in [0, 0.1) is 5.92 Å². The zero-order valence-corrected chi connectivity index (χ0v) is 20.0. The van der Waals surface area contributed by atoms with E-state index in [2.05, 4.69) is 44.6 Å². The zero-order valence-electron chi connectivity index (χ0n) is 20.0. The Kier molecular flexibility index (Phi) is 5.99. The second kappa shape index (κ2) is 9.41. The predicted octanol–water partition coefficient (Wildman–Crippen LogP) is 3.98. The molecule has 178 valence electrons. The molecule has 1 N–H and O–H groups in total. The zero-order chi connectivity index (χ0) is 22.9. The van der Waals surface area contributed by atoms with Crippen LogP contribution in [-0.4, -0.2) is 55.6 Å². The van der Waals surface area contributed by atoms with Gasteiger partial charge in [-0.15, -0.1) is 5.10 Å². The van der Waals surface area contributed by atoms with Gasteiger partial charge in [0.05, 0.1) is 41.7 Å². The Morgan fingerprint density at radius 2 is 1.94 bits per heavy atom. The summed E-state index contributed by atoms with van der Waals surface area (Å²) < 4.78 is 1.87. The van der Waals surface area contributed by atoms with Crippen molar-refractivity contribution in [1.82, 2.24) is 35.3 Å². The Labute approximate surface area is 201 Å². The van der Waals surface area contributed by atoms with Crippen molar-refractivity contribution < 1.29 is 0 Å². The van der Waals surface area contributed by atoms with Gasteiger partial charge in [-0.1, -0.05) is 11.6 Å². The summed E-state index contributed by atoms with van der Waals surface area (Å²) in [5, 5.41) is 12.5. The topological polar surface area (TPSA) is 84.7 Å². The maximum Gasteiger partial charge on any atom is 0.133 e. The molecule has 2 aliphatic carbocycles. The molecule has 0 spiro atoms. The standard InChI is InChI=1S/C26H34N8/c1-18(34-17-26(31-32-34)25-15-27-14-24(30-25)20-7-8-20)23-10-9-22(13-29-23)33-11-3-6-21(16-33)28-12-19-4-2-5-19/h9-10,13-15,17-21,28H,2-8,11-12,16H2,1H3/t18?,21-/m1/s1. The monoisotopic (exact) mass is 458 g/mol. The highest BCUT2D eigenvalue weighted by Crippen LogP contribution is 2.39. The van der Waals surface area contributed by atoms with Gasteiger partial charge >= 0.3 is 0 Å². The molecule has 3 aromatic rings. The van der Waals surface area contributed by atoms with Crippen LogP contribution in [0.3, 0.4) is 0 Å². The minimum absolute atomic E-state index is 0.00637. The number of hydrogen-bond donors (Lipinski definition) is 1. The lowest BCUT2D eigenvalue weighted by atomic mass is 9.85. The van der Waals surface area contributed by atoms with Gasteiger partial charge in [-0.05, 0) is 70.0 Å². The summed E-state index contributed by atoms with van der Waals surface area (Å²) >= 11 is 0. The Bertz CT molecular complexity index is 1100. The van der Waals surface area contributed by atoms with E-state index in [1.165, 1.54) is 57.2 Å². The summed E-state index contributed by atoms with van der Waals surface area (Å²) in [6.07, 6.45) is 16.7. The van der Waals surface area contributed by atoms with Crippen molar-refractivity contribution in [1.29, 1.82) is 0 Å². The fourth-order valence-corrected chi connectivity index (χ4v) is 5.04. The van der Waals surface area contributed by atoms with Gasteiger partial charge in [0.2, 0.25) is 0 Å². The van der Waals surface area contributed by atoms with Crippen molar-refractivity contribution in [3.8, 4) is 11.4 Å². The molecule has 3 fully saturated rings. The lowest BCUT2D eigenvalue weighted by molar-refractivity contribution is 0.280. The van der Waals surface area contributed by atoms with Gasteiger partial charge in [-0.2, -0.15) is 0 Å². The van der Waals surface area contributed by atoms with E-state index >= 15 is 0 Å². The number of aromatic nitrogens is 6. The normalized spacial score (nSPS) is 21.9. The summed E-state index contributed by atoms with van der Waals surface area (Å²) in [4.78, 5) is 16.4. The highest BCUT2D eigenvalue weighted by atomic mass is 15.4. The van der Waals surface area contributed by atoms with Crippen molar-refractivity contribution in [3.05, 3.63) is 48.3 Å². The van der Waals surface area contributed by atoms with Gasteiger partial charge in [0.1, 0.15) is 11.4 Å². The van der Waals surface area contributed by atoms with E-state index in [0.717, 1.165) is 41.8 Å². The van der Waals surface area contributed by atoms with Gasteiger partial charge in [-0.25, -0.2) is 9.67 Å².